The minimum absolute atomic E-state index is 0.239. The number of carbonyl (C=O) groups is 1. The number of carbonyl (C=O) groups excluding carboxylic acids is 1. The van der Waals surface area contributed by atoms with Crippen molar-refractivity contribution in [3.05, 3.63) is 0 Å². The molecule has 0 aliphatic carbocycles. The van der Waals surface area contributed by atoms with Crippen LogP contribution in [0.1, 0.15) is 104 Å². The van der Waals surface area contributed by atoms with Crippen molar-refractivity contribution in [3.63, 3.8) is 0 Å². The largest absolute Gasteiger partial charge is 0.351 e. The number of unbranched alkanes of at least 4 members (excludes halogenated alkanes) is 12. The molecule has 22 heavy (non-hydrogen) atoms. The van der Waals surface area contributed by atoms with Crippen molar-refractivity contribution in [1.29, 1.82) is 0 Å². The summed E-state index contributed by atoms with van der Waals surface area (Å²) in [6.45, 7) is 6.18. The monoisotopic (exact) mass is 312 g/mol. The summed E-state index contributed by atoms with van der Waals surface area (Å²) < 4.78 is 0. The van der Waals surface area contributed by atoms with E-state index in [4.69, 9.17) is 5.73 Å². The van der Waals surface area contributed by atoms with Gasteiger partial charge in [0.2, 0.25) is 0 Å². The van der Waals surface area contributed by atoms with Gasteiger partial charge in [-0.15, -0.1) is 0 Å². The molecule has 0 spiro atoms. The summed E-state index contributed by atoms with van der Waals surface area (Å²) >= 11 is 0. The van der Waals surface area contributed by atoms with Gasteiger partial charge in [0.1, 0.15) is 0 Å². The smallest absolute Gasteiger partial charge is 0.314 e. The quantitative estimate of drug-likeness (QED) is 0.356. The van der Waals surface area contributed by atoms with E-state index < -0.39 is 0 Å². The molecule has 0 bridgehead atoms. The number of primary amides is 1. The van der Waals surface area contributed by atoms with E-state index in [9.17, 15) is 4.79 Å². The summed E-state index contributed by atoms with van der Waals surface area (Å²) in [7, 11) is 0. The van der Waals surface area contributed by atoms with Gasteiger partial charge < -0.3 is 10.6 Å². The van der Waals surface area contributed by atoms with Crippen molar-refractivity contribution >= 4 is 6.03 Å². The van der Waals surface area contributed by atoms with Crippen molar-refractivity contribution in [2.24, 2.45) is 5.73 Å². The first-order chi connectivity index (χ1) is 10.7. The molecule has 0 unspecified atom stereocenters. The van der Waals surface area contributed by atoms with Crippen LogP contribution in [0.4, 0.5) is 4.79 Å². The summed E-state index contributed by atoms with van der Waals surface area (Å²) in [6, 6.07) is -0.239. The topological polar surface area (TPSA) is 46.3 Å². The number of nitrogens with zero attached hydrogens (tertiary/aromatic N) is 1. The molecule has 0 aliphatic rings. The van der Waals surface area contributed by atoms with E-state index in [1.165, 1.54) is 77.0 Å². The Morgan fingerprint density at radius 2 is 0.955 bits per heavy atom. The summed E-state index contributed by atoms with van der Waals surface area (Å²) in [5.41, 5.74) is 5.48. The van der Waals surface area contributed by atoms with Crippen molar-refractivity contribution < 1.29 is 4.79 Å². The lowest BCUT2D eigenvalue weighted by atomic mass is 10.1. The van der Waals surface area contributed by atoms with Gasteiger partial charge in [0.25, 0.3) is 0 Å². The Balaban J connectivity index is 3.51. The second-order valence-corrected chi connectivity index (χ2v) is 6.57. The fourth-order valence-electron chi connectivity index (χ4n) is 2.85. The Hall–Kier alpha value is -0.730. The lowest BCUT2D eigenvalue weighted by Gasteiger charge is -2.20. The van der Waals surface area contributed by atoms with Crippen LogP contribution < -0.4 is 5.73 Å². The maximum Gasteiger partial charge on any atom is 0.314 e. The second-order valence-electron chi connectivity index (χ2n) is 6.57. The third-order valence-electron chi connectivity index (χ3n) is 4.37. The van der Waals surface area contributed by atoms with E-state index in [1.807, 2.05) is 4.90 Å². The summed E-state index contributed by atoms with van der Waals surface area (Å²) in [4.78, 5) is 13.3. The fourth-order valence-corrected chi connectivity index (χ4v) is 2.85. The average Bonchev–Trinajstić information content (AvgIpc) is 2.50. The molecule has 3 nitrogen and oxygen atoms in total. The van der Waals surface area contributed by atoms with Gasteiger partial charge in [-0.2, -0.15) is 0 Å². The molecule has 0 atom stereocenters. The number of urea groups is 1. The van der Waals surface area contributed by atoms with Crippen LogP contribution in [0.25, 0.3) is 0 Å². The van der Waals surface area contributed by atoms with Crippen LogP contribution in [-0.4, -0.2) is 24.0 Å². The molecule has 2 N–H and O–H groups in total. The molecule has 2 amide bonds. The van der Waals surface area contributed by atoms with Crippen LogP contribution in [0, 0.1) is 0 Å². The van der Waals surface area contributed by atoms with Crippen LogP contribution in [0.3, 0.4) is 0 Å². The highest BCUT2D eigenvalue weighted by molar-refractivity contribution is 5.71. The van der Waals surface area contributed by atoms with Crippen molar-refractivity contribution in [3.8, 4) is 0 Å². The van der Waals surface area contributed by atoms with Crippen LogP contribution in [0.15, 0.2) is 0 Å². The van der Waals surface area contributed by atoms with Gasteiger partial charge in [-0.05, 0) is 12.8 Å². The number of hydrogen-bond acceptors (Lipinski definition) is 1. The standard InChI is InChI=1S/C19H40N2O/c1-3-5-7-9-11-13-15-17-21(19(20)22)18-16-14-12-10-8-6-4-2/h3-18H2,1-2H3,(H2,20,22). The maximum atomic E-state index is 11.5. The van der Waals surface area contributed by atoms with E-state index in [2.05, 4.69) is 13.8 Å². The molecule has 0 aliphatic heterocycles. The Labute approximate surface area is 139 Å². The first kappa shape index (κ1) is 21.3. The summed E-state index contributed by atoms with van der Waals surface area (Å²) in [6.07, 6.45) is 17.9. The predicted octanol–water partition coefficient (Wildman–Crippen LogP) is 5.87. The molecule has 0 aromatic heterocycles. The molecule has 0 radical (unpaired) electrons. The lowest BCUT2D eigenvalue weighted by Crippen LogP contribution is -2.37. The fraction of sp³-hybridized carbons (Fsp3) is 0.947. The molecule has 132 valence electrons. The van der Waals surface area contributed by atoms with Gasteiger partial charge >= 0.3 is 6.03 Å². The van der Waals surface area contributed by atoms with Gasteiger partial charge in [-0.25, -0.2) is 4.79 Å². The van der Waals surface area contributed by atoms with Crippen molar-refractivity contribution in [2.45, 2.75) is 104 Å². The minimum atomic E-state index is -0.239. The molecule has 0 rings (SSSR count). The Morgan fingerprint density at radius 1 is 0.636 bits per heavy atom. The first-order valence-electron chi connectivity index (χ1n) is 9.76. The molecule has 3 heteroatoms. The summed E-state index contributed by atoms with van der Waals surface area (Å²) in [5, 5.41) is 0. The number of hydrogen-bond donors (Lipinski definition) is 1. The van der Waals surface area contributed by atoms with E-state index >= 15 is 0 Å². The highest BCUT2D eigenvalue weighted by atomic mass is 16.2. The van der Waals surface area contributed by atoms with E-state index in [-0.39, 0.29) is 6.03 Å². The van der Waals surface area contributed by atoms with Crippen molar-refractivity contribution in [2.75, 3.05) is 13.1 Å². The Kier molecular flexibility index (Phi) is 16.1. The molecular formula is C19H40N2O. The maximum absolute atomic E-state index is 11.5. The summed E-state index contributed by atoms with van der Waals surface area (Å²) in [5.74, 6) is 0. The highest BCUT2D eigenvalue weighted by Crippen LogP contribution is 2.10. The van der Waals surface area contributed by atoms with Crippen LogP contribution in [0.5, 0.6) is 0 Å². The third-order valence-corrected chi connectivity index (χ3v) is 4.37. The number of amides is 2. The van der Waals surface area contributed by atoms with Crippen molar-refractivity contribution in [1.82, 2.24) is 4.90 Å². The second kappa shape index (κ2) is 16.6. The van der Waals surface area contributed by atoms with Crippen LogP contribution in [-0.2, 0) is 0 Å². The third kappa shape index (κ3) is 14.2. The predicted molar refractivity (Wildman–Crippen MR) is 97.1 cm³/mol. The normalized spacial score (nSPS) is 10.8. The highest BCUT2D eigenvalue weighted by Gasteiger charge is 2.08. The molecule has 0 aromatic rings. The van der Waals surface area contributed by atoms with Crippen LogP contribution >= 0.6 is 0 Å². The molecule has 0 saturated carbocycles. The zero-order chi connectivity index (χ0) is 16.5. The van der Waals surface area contributed by atoms with Gasteiger partial charge in [0.15, 0.2) is 0 Å². The Morgan fingerprint density at radius 3 is 1.27 bits per heavy atom. The molecule has 0 heterocycles. The minimum Gasteiger partial charge on any atom is -0.351 e. The molecule has 0 aromatic carbocycles. The Bertz CT molecular complexity index is 226. The lowest BCUT2D eigenvalue weighted by molar-refractivity contribution is 0.204. The first-order valence-corrected chi connectivity index (χ1v) is 9.76. The zero-order valence-electron chi connectivity index (χ0n) is 15.2. The van der Waals surface area contributed by atoms with Gasteiger partial charge in [-0.1, -0.05) is 90.9 Å². The molecular weight excluding hydrogens is 272 g/mol. The number of nitrogens with two attached hydrogens (primary N) is 1. The molecule has 0 saturated heterocycles. The number of rotatable bonds is 16. The van der Waals surface area contributed by atoms with Gasteiger partial charge in [0, 0.05) is 13.1 Å². The van der Waals surface area contributed by atoms with E-state index in [0.29, 0.717) is 0 Å². The molecule has 0 fully saturated rings. The van der Waals surface area contributed by atoms with Gasteiger partial charge in [-0.3, -0.25) is 0 Å². The zero-order valence-corrected chi connectivity index (χ0v) is 15.2. The van der Waals surface area contributed by atoms with E-state index in [0.717, 1.165) is 25.9 Å². The van der Waals surface area contributed by atoms with Gasteiger partial charge in [0.05, 0.1) is 0 Å². The average molecular weight is 313 g/mol. The SMILES string of the molecule is CCCCCCCCCN(CCCCCCCCC)C(N)=O. The van der Waals surface area contributed by atoms with E-state index in [1.54, 1.807) is 0 Å². The van der Waals surface area contributed by atoms with Crippen LogP contribution in [0.2, 0.25) is 0 Å².